The Morgan fingerprint density at radius 3 is 1.92 bits per heavy atom. The second-order valence-corrected chi connectivity index (χ2v) is 6.43. The summed E-state index contributed by atoms with van der Waals surface area (Å²) in [5, 5.41) is 19.8. The van der Waals surface area contributed by atoms with Crippen molar-refractivity contribution in [3.05, 3.63) is 35.9 Å². The first-order valence-electron chi connectivity index (χ1n) is 9.25. The van der Waals surface area contributed by atoms with Crippen LogP contribution in [0.25, 0.3) is 0 Å². The van der Waals surface area contributed by atoms with Crippen LogP contribution < -0.4 is 0 Å². The average molecular weight is 335 g/mol. The Morgan fingerprint density at radius 1 is 1.04 bits per heavy atom. The average Bonchev–Trinajstić information content (AvgIpc) is 3.31. The van der Waals surface area contributed by atoms with Crippen LogP contribution in [0.5, 0.6) is 0 Å². The van der Waals surface area contributed by atoms with Crippen LogP contribution in [0, 0.1) is 5.92 Å². The highest BCUT2D eigenvalue weighted by Crippen LogP contribution is 2.40. The zero-order valence-corrected chi connectivity index (χ0v) is 15.4. The number of nitrogens with zero attached hydrogens (tertiary/aromatic N) is 1. The lowest BCUT2D eigenvalue weighted by Gasteiger charge is -2.30. The van der Waals surface area contributed by atoms with Gasteiger partial charge in [-0.2, -0.15) is 0 Å². The van der Waals surface area contributed by atoms with E-state index >= 15 is 0 Å². The SMILES string of the molecule is CC.CN1CCCC1.O=C(O)C(O)(c1ccccc1)C1CCCC1. The van der Waals surface area contributed by atoms with Crippen LogP contribution in [0.4, 0.5) is 0 Å². The van der Waals surface area contributed by atoms with E-state index in [2.05, 4.69) is 11.9 Å². The van der Waals surface area contributed by atoms with E-state index in [9.17, 15) is 15.0 Å². The standard InChI is InChI=1S/C13H16O3.C5H11N.C2H6/c14-12(15)13(16,11-8-4-5-9-11)10-6-2-1-3-7-10;1-6-4-2-3-5-6;1-2/h1-3,6-7,11,16H,4-5,8-9H2,(H,14,15);2-5H2,1H3;1-2H3. The van der Waals surface area contributed by atoms with Crippen molar-refractivity contribution in [1.29, 1.82) is 0 Å². The summed E-state index contributed by atoms with van der Waals surface area (Å²) in [6, 6.07) is 8.72. The minimum absolute atomic E-state index is 0.160. The molecule has 0 bridgehead atoms. The third kappa shape index (κ3) is 5.32. The van der Waals surface area contributed by atoms with Crippen molar-refractivity contribution >= 4 is 5.97 Å². The van der Waals surface area contributed by atoms with Gasteiger partial charge in [0.2, 0.25) is 0 Å². The molecular formula is C20H33NO3. The number of aliphatic hydroxyl groups is 1. The lowest BCUT2D eigenvalue weighted by Crippen LogP contribution is -2.42. The molecule has 1 aliphatic heterocycles. The molecule has 1 aliphatic carbocycles. The summed E-state index contributed by atoms with van der Waals surface area (Å²) in [7, 11) is 2.17. The maximum Gasteiger partial charge on any atom is 0.340 e. The van der Waals surface area contributed by atoms with Crippen molar-refractivity contribution in [2.75, 3.05) is 20.1 Å². The molecule has 0 amide bonds. The third-order valence-corrected chi connectivity index (χ3v) is 4.82. The molecule has 1 aromatic carbocycles. The molecule has 3 rings (SSSR count). The molecule has 1 aromatic rings. The maximum atomic E-state index is 11.4. The van der Waals surface area contributed by atoms with Gasteiger partial charge in [-0.25, -0.2) is 4.79 Å². The number of aliphatic carboxylic acids is 1. The number of carboxylic acids is 1. The quantitative estimate of drug-likeness (QED) is 0.880. The predicted octanol–water partition coefficient (Wildman–Crippen LogP) is 3.89. The lowest BCUT2D eigenvalue weighted by atomic mass is 9.80. The third-order valence-electron chi connectivity index (χ3n) is 4.82. The van der Waals surface area contributed by atoms with Crippen LogP contribution in [-0.2, 0) is 10.4 Å². The van der Waals surface area contributed by atoms with Crippen molar-refractivity contribution in [1.82, 2.24) is 4.90 Å². The molecule has 1 unspecified atom stereocenters. The Morgan fingerprint density at radius 2 is 1.54 bits per heavy atom. The number of benzene rings is 1. The maximum absolute atomic E-state index is 11.4. The summed E-state index contributed by atoms with van der Waals surface area (Å²) in [5.74, 6) is -1.29. The fraction of sp³-hybridized carbons (Fsp3) is 0.650. The number of hydrogen-bond donors (Lipinski definition) is 2. The van der Waals surface area contributed by atoms with E-state index in [1.54, 1.807) is 24.3 Å². The number of carboxylic acid groups (broad SMARTS) is 1. The molecule has 0 spiro atoms. The lowest BCUT2D eigenvalue weighted by molar-refractivity contribution is -0.166. The van der Waals surface area contributed by atoms with Gasteiger partial charge in [-0.15, -0.1) is 0 Å². The second-order valence-electron chi connectivity index (χ2n) is 6.43. The zero-order valence-electron chi connectivity index (χ0n) is 15.4. The van der Waals surface area contributed by atoms with E-state index in [-0.39, 0.29) is 5.92 Å². The molecule has 2 aliphatic rings. The summed E-state index contributed by atoms with van der Waals surface area (Å²) in [6.07, 6.45) is 6.42. The first-order valence-corrected chi connectivity index (χ1v) is 9.25. The van der Waals surface area contributed by atoms with Gasteiger partial charge in [0.15, 0.2) is 5.60 Å². The first kappa shape index (κ1) is 20.7. The Hall–Kier alpha value is -1.39. The van der Waals surface area contributed by atoms with E-state index in [1.807, 2.05) is 19.9 Å². The molecule has 1 heterocycles. The largest absolute Gasteiger partial charge is 0.479 e. The Labute approximate surface area is 146 Å². The van der Waals surface area contributed by atoms with Gasteiger partial charge in [-0.3, -0.25) is 0 Å². The molecule has 1 saturated heterocycles. The van der Waals surface area contributed by atoms with E-state index in [4.69, 9.17) is 0 Å². The van der Waals surface area contributed by atoms with E-state index in [1.165, 1.54) is 25.9 Å². The number of carbonyl (C=O) groups is 1. The minimum atomic E-state index is -1.71. The van der Waals surface area contributed by atoms with Crippen LogP contribution in [-0.4, -0.2) is 41.2 Å². The molecule has 2 fully saturated rings. The van der Waals surface area contributed by atoms with Crippen molar-refractivity contribution in [3.63, 3.8) is 0 Å². The van der Waals surface area contributed by atoms with Crippen molar-refractivity contribution in [2.24, 2.45) is 5.92 Å². The topological polar surface area (TPSA) is 60.8 Å². The van der Waals surface area contributed by atoms with Crippen LogP contribution >= 0.6 is 0 Å². The van der Waals surface area contributed by atoms with Gasteiger partial charge in [0.1, 0.15) is 0 Å². The highest BCUT2D eigenvalue weighted by atomic mass is 16.4. The van der Waals surface area contributed by atoms with Crippen LogP contribution in [0.15, 0.2) is 30.3 Å². The minimum Gasteiger partial charge on any atom is -0.479 e. The second kappa shape index (κ2) is 10.5. The van der Waals surface area contributed by atoms with Gasteiger partial charge in [0, 0.05) is 5.92 Å². The molecule has 1 atom stereocenters. The molecular weight excluding hydrogens is 302 g/mol. The van der Waals surface area contributed by atoms with Gasteiger partial charge in [-0.1, -0.05) is 57.0 Å². The van der Waals surface area contributed by atoms with Crippen LogP contribution in [0.2, 0.25) is 0 Å². The van der Waals surface area contributed by atoms with Crippen molar-refractivity contribution in [3.8, 4) is 0 Å². The Kier molecular flexibility index (Phi) is 9.01. The molecule has 136 valence electrons. The molecule has 0 aromatic heterocycles. The van der Waals surface area contributed by atoms with Gasteiger partial charge < -0.3 is 15.1 Å². The summed E-state index contributed by atoms with van der Waals surface area (Å²) in [6.45, 7) is 6.64. The molecule has 4 heteroatoms. The Bertz CT molecular complexity index is 465. The summed E-state index contributed by atoms with van der Waals surface area (Å²) in [5.41, 5.74) is -1.22. The normalized spacial score (nSPS) is 20.3. The van der Waals surface area contributed by atoms with Gasteiger partial charge >= 0.3 is 5.97 Å². The van der Waals surface area contributed by atoms with Crippen molar-refractivity contribution in [2.45, 2.75) is 58.0 Å². The van der Waals surface area contributed by atoms with Gasteiger partial charge in [-0.05, 0) is 51.4 Å². The fourth-order valence-electron chi connectivity index (χ4n) is 3.44. The number of hydrogen-bond acceptors (Lipinski definition) is 3. The summed E-state index contributed by atoms with van der Waals surface area (Å²) >= 11 is 0. The van der Waals surface area contributed by atoms with Gasteiger partial charge in [0.05, 0.1) is 0 Å². The van der Waals surface area contributed by atoms with Gasteiger partial charge in [0.25, 0.3) is 0 Å². The fourth-order valence-corrected chi connectivity index (χ4v) is 3.44. The highest BCUT2D eigenvalue weighted by molar-refractivity contribution is 5.79. The van der Waals surface area contributed by atoms with E-state index < -0.39 is 11.6 Å². The number of likely N-dealkylation sites (tertiary alicyclic amines) is 1. The Balaban J connectivity index is 0.000000300. The number of rotatable bonds is 3. The zero-order chi connectivity index (χ0) is 18.0. The molecule has 24 heavy (non-hydrogen) atoms. The highest BCUT2D eigenvalue weighted by Gasteiger charge is 2.46. The molecule has 2 N–H and O–H groups in total. The van der Waals surface area contributed by atoms with E-state index in [0.717, 1.165) is 25.7 Å². The molecule has 0 radical (unpaired) electrons. The van der Waals surface area contributed by atoms with Crippen molar-refractivity contribution < 1.29 is 15.0 Å². The van der Waals surface area contributed by atoms with Crippen LogP contribution in [0.3, 0.4) is 0 Å². The van der Waals surface area contributed by atoms with E-state index in [0.29, 0.717) is 5.56 Å². The predicted molar refractivity (Wildman–Crippen MR) is 98.0 cm³/mol. The smallest absolute Gasteiger partial charge is 0.340 e. The summed E-state index contributed by atoms with van der Waals surface area (Å²) in [4.78, 5) is 13.7. The van der Waals surface area contributed by atoms with Crippen LogP contribution in [0.1, 0.15) is 57.9 Å². The summed E-state index contributed by atoms with van der Waals surface area (Å²) < 4.78 is 0. The monoisotopic (exact) mass is 335 g/mol. The first-order chi connectivity index (χ1) is 11.5. The molecule has 4 nitrogen and oxygen atoms in total. The molecule has 1 saturated carbocycles.